The van der Waals surface area contributed by atoms with Gasteiger partial charge in [-0.15, -0.1) is 0 Å². The lowest BCUT2D eigenvalue weighted by atomic mass is 9.78. The van der Waals surface area contributed by atoms with Crippen molar-refractivity contribution in [2.24, 2.45) is 0 Å². The summed E-state index contributed by atoms with van der Waals surface area (Å²) in [6.07, 6.45) is 2.28. The lowest BCUT2D eigenvalue weighted by Gasteiger charge is -2.28. The Labute approximate surface area is 178 Å². The van der Waals surface area contributed by atoms with Crippen molar-refractivity contribution in [3.05, 3.63) is 56.6 Å². The first-order valence-electron chi connectivity index (χ1n) is 10.9. The lowest BCUT2D eigenvalue weighted by molar-refractivity contribution is 0.433. The largest absolute Gasteiger partial charge is 0.507 e. The number of hydrogen-bond donors (Lipinski definition) is 2. The molecule has 0 bridgehead atoms. The minimum absolute atomic E-state index is 0.144. The molecule has 0 radical (unpaired) electrons. The van der Waals surface area contributed by atoms with Crippen LogP contribution in [0.2, 0.25) is 0 Å². The molecule has 2 nitrogen and oxygen atoms in total. The van der Waals surface area contributed by atoms with E-state index in [1.165, 1.54) is 22.3 Å². The standard InChI is InChI=1S/C27H40O2/c1-11-18-16(3)13-22(26(5,6)7)24(28)20(18)15-21-19(12-2)17(4)14-23(25(21)29)27(8,9)10/h13-14,28-29H,11-12,15H2,1-10H3. The van der Waals surface area contributed by atoms with Crippen molar-refractivity contribution in [1.82, 2.24) is 0 Å². The van der Waals surface area contributed by atoms with Crippen molar-refractivity contribution in [2.75, 3.05) is 0 Å². The highest BCUT2D eigenvalue weighted by Gasteiger charge is 2.27. The van der Waals surface area contributed by atoms with Crippen LogP contribution >= 0.6 is 0 Å². The molecule has 2 rings (SSSR count). The molecule has 0 aliphatic rings. The number of phenols is 2. The van der Waals surface area contributed by atoms with Gasteiger partial charge in [-0.3, -0.25) is 0 Å². The second-order valence-corrected chi connectivity index (χ2v) is 10.5. The van der Waals surface area contributed by atoms with E-state index in [1.54, 1.807) is 0 Å². The number of benzene rings is 2. The summed E-state index contributed by atoms with van der Waals surface area (Å²) in [5, 5.41) is 22.6. The molecular weight excluding hydrogens is 356 g/mol. The summed E-state index contributed by atoms with van der Waals surface area (Å²) in [5.74, 6) is 0.778. The summed E-state index contributed by atoms with van der Waals surface area (Å²) < 4.78 is 0. The number of aryl methyl sites for hydroxylation is 2. The van der Waals surface area contributed by atoms with Crippen molar-refractivity contribution < 1.29 is 10.2 Å². The Kier molecular flexibility index (Phi) is 6.47. The molecule has 0 aromatic heterocycles. The Balaban J connectivity index is 2.84. The molecule has 2 aromatic carbocycles. The Morgan fingerprint density at radius 1 is 0.621 bits per heavy atom. The first-order valence-corrected chi connectivity index (χ1v) is 10.9. The molecule has 0 atom stereocenters. The fraction of sp³-hybridized carbons (Fsp3) is 0.556. The zero-order valence-corrected chi connectivity index (χ0v) is 20.2. The van der Waals surface area contributed by atoms with E-state index in [2.05, 4.69) is 81.4 Å². The van der Waals surface area contributed by atoms with E-state index >= 15 is 0 Å². The van der Waals surface area contributed by atoms with Gasteiger partial charge in [0.05, 0.1) is 0 Å². The van der Waals surface area contributed by atoms with Gasteiger partial charge in [-0.1, -0.05) is 67.5 Å². The molecule has 2 N–H and O–H groups in total. The first kappa shape index (κ1) is 23.3. The highest BCUT2D eigenvalue weighted by atomic mass is 16.3. The maximum atomic E-state index is 11.3. The van der Waals surface area contributed by atoms with Crippen LogP contribution in [0.1, 0.15) is 99.9 Å². The zero-order chi connectivity index (χ0) is 22.3. The fourth-order valence-corrected chi connectivity index (χ4v) is 4.52. The monoisotopic (exact) mass is 396 g/mol. The van der Waals surface area contributed by atoms with Crippen LogP contribution in [0.3, 0.4) is 0 Å². The van der Waals surface area contributed by atoms with E-state index in [4.69, 9.17) is 0 Å². The van der Waals surface area contributed by atoms with E-state index in [1.807, 2.05) is 0 Å². The van der Waals surface area contributed by atoms with Gasteiger partial charge in [0.15, 0.2) is 0 Å². The van der Waals surface area contributed by atoms with E-state index in [-0.39, 0.29) is 10.8 Å². The third-order valence-corrected chi connectivity index (χ3v) is 6.16. The van der Waals surface area contributed by atoms with Gasteiger partial charge in [0, 0.05) is 17.5 Å². The van der Waals surface area contributed by atoms with Gasteiger partial charge in [-0.2, -0.15) is 0 Å². The topological polar surface area (TPSA) is 40.5 Å². The highest BCUT2D eigenvalue weighted by Crippen LogP contribution is 2.42. The quantitative estimate of drug-likeness (QED) is 0.582. The number of aromatic hydroxyl groups is 2. The Bertz CT molecular complexity index is 831. The average Bonchev–Trinajstić information content (AvgIpc) is 2.58. The van der Waals surface area contributed by atoms with Crippen LogP contribution in [0.25, 0.3) is 0 Å². The smallest absolute Gasteiger partial charge is 0.123 e. The molecule has 0 fully saturated rings. The molecular formula is C27H40O2. The van der Waals surface area contributed by atoms with Crippen LogP contribution in [0.15, 0.2) is 12.1 Å². The number of rotatable bonds is 4. The predicted molar refractivity (Wildman–Crippen MR) is 125 cm³/mol. The summed E-state index contributed by atoms with van der Waals surface area (Å²) >= 11 is 0. The van der Waals surface area contributed by atoms with Gasteiger partial charge >= 0.3 is 0 Å². The number of phenolic OH excluding ortho intramolecular Hbond substituents is 2. The van der Waals surface area contributed by atoms with Gasteiger partial charge in [0.1, 0.15) is 11.5 Å². The minimum atomic E-state index is -0.144. The summed E-state index contributed by atoms with van der Waals surface area (Å²) in [5.41, 5.74) is 8.40. The Morgan fingerprint density at radius 3 is 1.17 bits per heavy atom. The van der Waals surface area contributed by atoms with Gasteiger partial charge in [-0.25, -0.2) is 0 Å². The van der Waals surface area contributed by atoms with E-state index in [0.717, 1.165) is 35.1 Å². The van der Waals surface area contributed by atoms with E-state index in [9.17, 15) is 10.2 Å². The maximum absolute atomic E-state index is 11.3. The van der Waals surface area contributed by atoms with Crippen LogP contribution < -0.4 is 0 Å². The predicted octanol–water partition coefficient (Wildman–Crippen LogP) is 7.03. The molecule has 160 valence electrons. The summed E-state index contributed by atoms with van der Waals surface area (Å²) in [6, 6.07) is 4.27. The minimum Gasteiger partial charge on any atom is -0.507 e. The molecule has 0 aliphatic carbocycles. The Morgan fingerprint density at radius 2 is 0.931 bits per heavy atom. The van der Waals surface area contributed by atoms with Crippen LogP contribution in [0.5, 0.6) is 11.5 Å². The normalized spacial score (nSPS) is 12.5. The summed E-state index contributed by atoms with van der Waals surface area (Å²) in [6.45, 7) is 21.4. The molecule has 0 saturated heterocycles. The van der Waals surface area contributed by atoms with Gasteiger partial charge in [-0.05, 0) is 70.9 Å². The summed E-state index contributed by atoms with van der Waals surface area (Å²) in [7, 11) is 0. The molecule has 0 heterocycles. The van der Waals surface area contributed by atoms with E-state index in [0.29, 0.717) is 17.9 Å². The Hall–Kier alpha value is -1.96. The second-order valence-electron chi connectivity index (χ2n) is 10.5. The number of hydrogen-bond acceptors (Lipinski definition) is 2. The molecule has 0 aliphatic heterocycles. The first-order chi connectivity index (χ1) is 13.2. The summed E-state index contributed by atoms with van der Waals surface area (Å²) in [4.78, 5) is 0. The third-order valence-electron chi connectivity index (χ3n) is 6.16. The van der Waals surface area contributed by atoms with Gasteiger partial charge in [0.2, 0.25) is 0 Å². The molecule has 0 saturated carbocycles. The van der Waals surface area contributed by atoms with Crippen molar-refractivity contribution in [3.8, 4) is 11.5 Å². The SMILES string of the molecule is CCc1c(C)cc(C(C)(C)C)c(O)c1Cc1c(O)c(C(C)(C)C)cc(C)c1CC. The highest BCUT2D eigenvalue weighted by molar-refractivity contribution is 5.58. The molecule has 0 spiro atoms. The zero-order valence-electron chi connectivity index (χ0n) is 20.2. The van der Waals surface area contributed by atoms with Crippen molar-refractivity contribution in [2.45, 2.75) is 99.3 Å². The molecule has 2 heteroatoms. The van der Waals surface area contributed by atoms with Crippen LogP contribution in [-0.4, -0.2) is 10.2 Å². The maximum Gasteiger partial charge on any atom is 0.123 e. The van der Waals surface area contributed by atoms with Crippen LogP contribution in [0, 0.1) is 13.8 Å². The molecule has 0 unspecified atom stereocenters. The lowest BCUT2D eigenvalue weighted by Crippen LogP contribution is -2.16. The van der Waals surface area contributed by atoms with Crippen LogP contribution in [0.4, 0.5) is 0 Å². The third kappa shape index (κ3) is 4.47. The molecule has 29 heavy (non-hydrogen) atoms. The molecule has 0 amide bonds. The second kappa shape index (κ2) is 8.05. The average molecular weight is 397 g/mol. The van der Waals surface area contributed by atoms with Crippen molar-refractivity contribution in [1.29, 1.82) is 0 Å². The van der Waals surface area contributed by atoms with Crippen molar-refractivity contribution >= 4 is 0 Å². The van der Waals surface area contributed by atoms with Gasteiger partial charge in [0.25, 0.3) is 0 Å². The van der Waals surface area contributed by atoms with Gasteiger partial charge < -0.3 is 10.2 Å². The van der Waals surface area contributed by atoms with Crippen molar-refractivity contribution in [3.63, 3.8) is 0 Å². The fourth-order valence-electron chi connectivity index (χ4n) is 4.52. The molecule has 2 aromatic rings. The van der Waals surface area contributed by atoms with Crippen LogP contribution in [-0.2, 0) is 30.1 Å². The van der Waals surface area contributed by atoms with E-state index < -0.39 is 0 Å².